The van der Waals surface area contributed by atoms with Gasteiger partial charge in [-0.2, -0.15) is 0 Å². The number of hydrogen-bond donors (Lipinski definition) is 9. The van der Waals surface area contributed by atoms with Crippen LogP contribution in [0, 0.1) is 0 Å². The summed E-state index contributed by atoms with van der Waals surface area (Å²) < 4.78 is 26.4. The van der Waals surface area contributed by atoms with E-state index in [1.807, 2.05) is 0 Å². The van der Waals surface area contributed by atoms with E-state index in [4.69, 9.17) is 23.7 Å². The Morgan fingerprint density at radius 2 is 1.06 bits per heavy atom. The van der Waals surface area contributed by atoms with E-state index in [1.165, 1.54) is 13.8 Å². The summed E-state index contributed by atoms with van der Waals surface area (Å²) in [5, 5.41) is 90.2. The van der Waals surface area contributed by atoms with Crippen molar-refractivity contribution in [2.75, 3.05) is 6.61 Å². The molecule has 14 heteroatoms. The minimum absolute atomic E-state index is 0.482. The van der Waals surface area contributed by atoms with Crippen LogP contribution in [0.5, 0.6) is 0 Å². The van der Waals surface area contributed by atoms with E-state index in [0.29, 0.717) is 0 Å². The standard InChI is InChI=1S/C18H32O14/c1-4-7(19)10(22)13(25)17(29-4)28-3-6-9(21)12(24)15(16(27)31-6)32-18-14(26)11(23)8(20)5(2)30-18/h4-27H,3H2,1-2H3/t4-,5-,6+,7-,8-,9+,10+,11+,12-,13+,14+,15+,16?,17+,18-/m0/s1. The topological polar surface area (TPSA) is 228 Å². The summed E-state index contributed by atoms with van der Waals surface area (Å²) in [5.74, 6) is 0. The largest absolute Gasteiger partial charge is 0.388 e. The van der Waals surface area contributed by atoms with Crippen molar-refractivity contribution in [3.63, 3.8) is 0 Å². The van der Waals surface area contributed by atoms with Crippen molar-refractivity contribution in [3.05, 3.63) is 0 Å². The van der Waals surface area contributed by atoms with Crippen LogP contribution in [0.3, 0.4) is 0 Å². The second kappa shape index (κ2) is 10.4. The van der Waals surface area contributed by atoms with Gasteiger partial charge in [0.2, 0.25) is 0 Å². The minimum atomic E-state index is -1.82. The molecule has 14 nitrogen and oxygen atoms in total. The molecule has 0 aromatic rings. The average Bonchev–Trinajstić information content (AvgIpc) is 2.76. The highest BCUT2D eigenvalue weighted by molar-refractivity contribution is 4.93. The van der Waals surface area contributed by atoms with E-state index in [2.05, 4.69) is 0 Å². The molecule has 32 heavy (non-hydrogen) atoms. The lowest BCUT2D eigenvalue weighted by Gasteiger charge is -2.45. The molecule has 3 rings (SSSR count). The Labute approximate surface area is 183 Å². The Balaban J connectivity index is 1.58. The average molecular weight is 472 g/mol. The first-order valence-electron chi connectivity index (χ1n) is 10.3. The maximum absolute atomic E-state index is 10.4. The highest BCUT2D eigenvalue weighted by atomic mass is 16.7. The van der Waals surface area contributed by atoms with E-state index in [1.54, 1.807) is 0 Å². The molecule has 0 amide bonds. The van der Waals surface area contributed by atoms with Crippen molar-refractivity contribution in [3.8, 4) is 0 Å². The smallest absolute Gasteiger partial charge is 0.187 e. The van der Waals surface area contributed by atoms with Gasteiger partial charge in [0.15, 0.2) is 18.9 Å². The van der Waals surface area contributed by atoms with Gasteiger partial charge in [0.1, 0.15) is 61.0 Å². The highest BCUT2D eigenvalue weighted by Crippen LogP contribution is 2.29. The van der Waals surface area contributed by atoms with Gasteiger partial charge < -0.3 is 69.6 Å². The summed E-state index contributed by atoms with van der Waals surface area (Å²) >= 11 is 0. The van der Waals surface area contributed by atoms with Crippen LogP contribution in [0.25, 0.3) is 0 Å². The van der Waals surface area contributed by atoms with Crippen molar-refractivity contribution < 1.29 is 69.6 Å². The van der Waals surface area contributed by atoms with Gasteiger partial charge in [0, 0.05) is 0 Å². The molecular formula is C18H32O14. The van der Waals surface area contributed by atoms with E-state index in [0.717, 1.165) is 0 Å². The highest BCUT2D eigenvalue weighted by Gasteiger charge is 2.50. The molecule has 9 N–H and O–H groups in total. The summed E-state index contributed by atoms with van der Waals surface area (Å²) in [7, 11) is 0. The van der Waals surface area contributed by atoms with E-state index in [-0.39, 0.29) is 0 Å². The van der Waals surface area contributed by atoms with Crippen LogP contribution in [0.4, 0.5) is 0 Å². The molecular weight excluding hydrogens is 440 g/mol. The Morgan fingerprint density at radius 3 is 1.62 bits per heavy atom. The molecule has 0 radical (unpaired) electrons. The molecule has 3 heterocycles. The summed E-state index contributed by atoms with van der Waals surface area (Å²) in [6.07, 6.45) is -22.0. The molecule has 1 unspecified atom stereocenters. The molecule has 0 saturated carbocycles. The van der Waals surface area contributed by atoms with E-state index < -0.39 is 98.7 Å². The predicted octanol–water partition coefficient (Wildman–Crippen LogP) is -5.52. The molecule has 3 aliphatic rings. The Bertz CT molecular complexity index is 608. The minimum Gasteiger partial charge on any atom is -0.388 e. The molecule has 0 aliphatic carbocycles. The fourth-order valence-corrected chi connectivity index (χ4v) is 3.83. The molecule has 3 aliphatic heterocycles. The fourth-order valence-electron chi connectivity index (χ4n) is 3.83. The van der Waals surface area contributed by atoms with Gasteiger partial charge in [-0.1, -0.05) is 0 Å². The number of ether oxygens (including phenoxy) is 5. The summed E-state index contributed by atoms with van der Waals surface area (Å²) in [6.45, 7) is 2.39. The van der Waals surface area contributed by atoms with Crippen LogP contribution in [0.2, 0.25) is 0 Å². The van der Waals surface area contributed by atoms with Gasteiger partial charge in [-0.15, -0.1) is 0 Å². The van der Waals surface area contributed by atoms with Gasteiger partial charge in [-0.25, -0.2) is 0 Å². The number of aliphatic hydroxyl groups excluding tert-OH is 9. The van der Waals surface area contributed by atoms with Crippen molar-refractivity contribution >= 4 is 0 Å². The van der Waals surface area contributed by atoms with Gasteiger partial charge >= 0.3 is 0 Å². The molecule has 3 saturated heterocycles. The third-order valence-electron chi connectivity index (χ3n) is 6.00. The third kappa shape index (κ3) is 5.08. The zero-order valence-corrected chi connectivity index (χ0v) is 17.4. The first-order chi connectivity index (χ1) is 14.9. The lowest BCUT2D eigenvalue weighted by atomic mass is 9.97. The van der Waals surface area contributed by atoms with Crippen molar-refractivity contribution in [2.24, 2.45) is 0 Å². The Hall–Kier alpha value is -0.560. The van der Waals surface area contributed by atoms with Crippen LogP contribution in [0.1, 0.15) is 13.8 Å². The molecule has 0 aromatic carbocycles. The van der Waals surface area contributed by atoms with Gasteiger partial charge in [0.25, 0.3) is 0 Å². The van der Waals surface area contributed by atoms with Gasteiger partial charge in [-0.3, -0.25) is 0 Å². The maximum atomic E-state index is 10.4. The fraction of sp³-hybridized carbons (Fsp3) is 1.00. The lowest BCUT2D eigenvalue weighted by molar-refractivity contribution is -0.364. The monoisotopic (exact) mass is 472 g/mol. The normalized spacial score (nSPS) is 55.0. The summed E-state index contributed by atoms with van der Waals surface area (Å²) in [5.41, 5.74) is 0. The maximum Gasteiger partial charge on any atom is 0.187 e. The summed E-state index contributed by atoms with van der Waals surface area (Å²) in [4.78, 5) is 0. The quantitative estimate of drug-likeness (QED) is 0.182. The van der Waals surface area contributed by atoms with Crippen LogP contribution in [-0.2, 0) is 23.7 Å². The Morgan fingerprint density at radius 1 is 0.562 bits per heavy atom. The number of aliphatic hydroxyl groups is 9. The van der Waals surface area contributed by atoms with E-state index >= 15 is 0 Å². The van der Waals surface area contributed by atoms with Crippen LogP contribution < -0.4 is 0 Å². The lowest BCUT2D eigenvalue weighted by Crippen LogP contribution is -2.64. The molecule has 0 spiro atoms. The Kier molecular flexibility index (Phi) is 8.44. The molecule has 188 valence electrons. The third-order valence-corrected chi connectivity index (χ3v) is 6.00. The van der Waals surface area contributed by atoms with Crippen molar-refractivity contribution in [2.45, 2.75) is 106 Å². The van der Waals surface area contributed by atoms with Crippen molar-refractivity contribution in [1.82, 2.24) is 0 Å². The first kappa shape index (κ1) is 26.1. The summed E-state index contributed by atoms with van der Waals surface area (Å²) in [6, 6.07) is 0. The number of rotatable bonds is 5. The van der Waals surface area contributed by atoms with Crippen LogP contribution in [-0.4, -0.2) is 145 Å². The second-order valence-corrected chi connectivity index (χ2v) is 8.34. The van der Waals surface area contributed by atoms with Crippen LogP contribution >= 0.6 is 0 Å². The molecule has 3 fully saturated rings. The molecule has 0 aromatic heterocycles. The van der Waals surface area contributed by atoms with Crippen molar-refractivity contribution in [1.29, 1.82) is 0 Å². The first-order valence-corrected chi connectivity index (χ1v) is 10.3. The van der Waals surface area contributed by atoms with Crippen LogP contribution in [0.15, 0.2) is 0 Å². The number of hydrogen-bond acceptors (Lipinski definition) is 14. The van der Waals surface area contributed by atoms with Gasteiger partial charge in [-0.05, 0) is 13.8 Å². The van der Waals surface area contributed by atoms with E-state index in [9.17, 15) is 46.0 Å². The molecule has 0 bridgehead atoms. The zero-order valence-electron chi connectivity index (χ0n) is 17.4. The van der Waals surface area contributed by atoms with Gasteiger partial charge in [0.05, 0.1) is 18.8 Å². The predicted molar refractivity (Wildman–Crippen MR) is 98.4 cm³/mol. The zero-order chi connectivity index (χ0) is 23.9. The second-order valence-electron chi connectivity index (χ2n) is 8.34. The SMILES string of the molecule is C[C@@H]1O[C@@H](OC[C@H]2OC(O)[C@H](O[C@@H]3O[C@@H](C)[C@H](O)[C@@H](O)[C@H]3O)[C@@H](O)[C@@H]2O)[C@H](O)[C@H](O)[C@H]1O. The molecule has 15 atom stereocenters.